The van der Waals surface area contributed by atoms with Gasteiger partial charge < -0.3 is 15.2 Å². The quantitative estimate of drug-likeness (QED) is 0.685. The molecule has 0 saturated heterocycles. The fraction of sp³-hybridized carbons (Fsp3) is 0.500. The summed E-state index contributed by atoms with van der Waals surface area (Å²) in [6.45, 7) is 2.35. The Kier molecular flexibility index (Phi) is 7.29. The van der Waals surface area contributed by atoms with E-state index in [0.29, 0.717) is 6.54 Å². The number of aryl methyl sites for hydroxylation is 1. The van der Waals surface area contributed by atoms with Gasteiger partial charge in [0, 0.05) is 19.4 Å². The van der Waals surface area contributed by atoms with Crippen molar-refractivity contribution in [3.05, 3.63) is 29.8 Å². The topological polar surface area (TPSA) is 75.6 Å². The zero-order chi connectivity index (χ0) is 15.7. The molecule has 1 rings (SSSR count). The van der Waals surface area contributed by atoms with Crippen molar-refractivity contribution in [1.29, 1.82) is 0 Å². The summed E-state index contributed by atoms with van der Waals surface area (Å²) in [5.74, 6) is -0.245. The average Bonchev–Trinajstić information content (AvgIpc) is 2.43. The third kappa shape index (κ3) is 6.79. The van der Waals surface area contributed by atoms with E-state index in [9.17, 15) is 9.59 Å². The van der Waals surface area contributed by atoms with Crippen LogP contribution in [0.1, 0.15) is 31.7 Å². The number of nitrogens with one attached hydrogen (secondary N) is 1. The molecule has 21 heavy (non-hydrogen) atoms. The van der Waals surface area contributed by atoms with Gasteiger partial charge in [0.1, 0.15) is 5.75 Å². The number of carbonyl (C=O) groups excluding carboxylic acids is 1. The molecule has 0 saturated carbocycles. The van der Waals surface area contributed by atoms with Crippen molar-refractivity contribution in [2.24, 2.45) is 5.92 Å². The maximum Gasteiger partial charge on any atom is 0.303 e. The van der Waals surface area contributed by atoms with Gasteiger partial charge in [-0.25, -0.2) is 0 Å². The van der Waals surface area contributed by atoms with Crippen molar-refractivity contribution in [2.45, 2.75) is 32.6 Å². The first-order chi connectivity index (χ1) is 10.0. The minimum Gasteiger partial charge on any atom is -0.496 e. The van der Waals surface area contributed by atoms with E-state index in [1.165, 1.54) is 0 Å². The van der Waals surface area contributed by atoms with Gasteiger partial charge in [-0.3, -0.25) is 9.59 Å². The highest BCUT2D eigenvalue weighted by atomic mass is 16.5. The summed E-state index contributed by atoms with van der Waals surface area (Å²) in [6.07, 6.45) is 1.92. The minimum atomic E-state index is -0.869. The second kappa shape index (κ2) is 9.00. The third-order valence-corrected chi connectivity index (χ3v) is 3.19. The van der Waals surface area contributed by atoms with Gasteiger partial charge in [0.2, 0.25) is 5.91 Å². The molecule has 1 amide bonds. The fourth-order valence-corrected chi connectivity index (χ4v) is 2.18. The molecule has 0 bridgehead atoms. The van der Waals surface area contributed by atoms with Gasteiger partial charge in [-0.15, -0.1) is 0 Å². The number of ether oxygens (including phenoxy) is 1. The highest BCUT2D eigenvalue weighted by Gasteiger charge is 2.12. The maximum atomic E-state index is 11.6. The van der Waals surface area contributed by atoms with E-state index >= 15 is 0 Å². The Morgan fingerprint density at radius 1 is 1.29 bits per heavy atom. The van der Waals surface area contributed by atoms with Crippen LogP contribution in [0.3, 0.4) is 0 Å². The number of rotatable bonds is 9. The van der Waals surface area contributed by atoms with Crippen molar-refractivity contribution in [3.8, 4) is 5.75 Å². The molecule has 0 aromatic heterocycles. The molecule has 0 spiro atoms. The summed E-state index contributed by atoms with van der Waals surface area (Å²) in [6, 6.07) is 7.81. The van der Waals surface area contributed by atoms with Crippen LogP contribution in [0.4, 0.5) is 0 Å². The van der Waals surface area contributed by atoms with Gasteiger partial charge in [-0.05, 0) is 30.4 Å². The minimum absolute atomic E-state index is 0.0225. The van der Waals surface area contributed by atoms with E-state index in [4.69, 9.17) is 9.84 Å². The van der Waals surface area contributed by atoms with E-state index in [1.54, 1.807) is 14.0 Å². The Morgan fingerprint density at radius 2 is 2.00 bits per heavy atom. The number of para-hydroxylation sites is 1. The Hall–Kier alpha value is -2.04. The van der Waals surface area contributed by atoms with Crippen LogP contribution in [0, 0.1) is 5.92 Å². The molecule has 116 valence electrons. The van der Waals surface area contributed by atoms with E-state index < -0.39 is 5.97 Å². The number of methoxy groups -OCH3 is 1. The van der Waals surface area contributed by atoms with Gasteiger partial charge in [0.25, 0.3) is 0 Å². The molecular weight excluding hydrogens is 270 g/mol. The summed E-state index contributed by atoms with van der Waals surface area (Å²) in [5.41, 5.74) is 1.12. The first-order valence-electron chi connectivity index (χ1n) is 7.13. The third-order valence-electron chi connectivity index (χ3n) is 3.19. The Balaban J connectivity index is 2.24. The summed E-state index contributed by atoms with van der Waals surface area (Å²) < 4.78 is 5.27. The monoisotopic (exact) mass is 293 g/mol. The standard InChI is InChI=1S/C16H23NO4/c1-12(11-16(19)20)10-15(18)17-9-5-7-13-6-3-4-8-14(13)21-2/h3-4,6,8,12H,5,7,9-11H2,1-2H3,(H,17,18)(H,19,20). The zero-order valence-electron chi connectivity index (χ0n) is 12.6. The molecule has 1 aromatic carbocycles. The van der Waals surface area contributed by atoms with E-state index in [0.717, 1.165) is 24.2 Å². The van der Waals surface area contributed by atoms with Crippen LogP contribution in [0.2, 0.25) is 0 Å². The number of aliphatic carboxylic acids is 1. The lowest BCUT2D eigenvalue weighted by Gasteiger charge is -2.10. The lowest BCUT2D eigenvalue weighted by molar-refractivity contribution is -0.138. The Labute approximate surface area is 125 Å². The summed E-state index contributed by atoms with van der Waals surface area (Å²) in [7, 11) is 1.64. The van der Waals surface area contributed by atoms with Gasteiger partial charge in [0.15, 0.2) is 0 Å². The molecular formula is C16H23NO4. The second-order valence-corrected chi connectivity index (χ2v) is 5.17. The molecule has 0 fully saturated rings. The van der Waals surface area contributed by atoms with Crippen LogP contribution in [0.5, 0.6) is 5.75 Å². The first-order valence-corrected chi connectivity index (χ1v) is 7.13. The lowest BCUT2D eigenvalue weighted by Crippen LogP contribution is -2.26. The molecule has 5 nitrogen and oxygen atoms in total. The number of carbonyl (C=O) groups is 2. The largest absolute Gasteiger partial charge is 0.496 e. The first kappa shape index (κ1) is 17.0. The van der Waals surface area contributed by atoms with E-state index in [2.05, 4.69) is 5.32 Å². The van der Waals surface area contributed by atoms with Gasteiger partial charge in [-0.1, -0.05) is 25.1 Å². The summed E-state index contributed by atoms with van der Waals surface area (Å²) in [5, 5.41) is 11.5. The smallest absolute Gasteiger partial charge is 0.303 e. The van der Waals surface area contributed by atoms with Crippen LogP contribution >= 0.6 is 0 Å². The predicted molar refractivity (Wildman–Crippen MR) is 80.4 cm³/mol. The molecule has 1 atom stereocenters. The van der Waals surface area contributed by atoms with Crippen LogP contribution < -0.4 is 10.1 Å². The number of amides is 1. The molecule has 1 unspecified atom stereocenters. The Bertz CT molecular complexity index is 473. The summed E-state index contributed by atoms with van der Waals surface area (Å²) >= 11 is 0. The molecule has 2 N–H and O–H groups in total. The van der Waals surface area contributed by atoms with Crippen LogP contribution in [-0.4, -0.2) is 30.6 Å². The van der Waals surface area contributed by atoms with Crippen molar-refractivity contribution in [3.63, 3.8) is 0 Å². The lowest BCUT2D eigenvalue weighted by atomic mass is 10.0. The molecule has 0 aliphatic carbocycles. The molecule has 0 radical (unpaired) electrons. The van der Waals surface area contributed by atoms with Crippen molar-refractivity contribution in [1.82, 2.24) is 5.32 Å². The van der Waals surface area contributed by atoms with Crippen molar-refractivity contribution >= 4 is 11.9 Å². The van der Waals surface area contributed by atoms with Crippen LogP contribution in [-0.2, 0) is 16.0 Å². The SMILES string of the molecule is COc1ccccc1CCCNC(=O)CC(C)CC(=O)O. The highest BCUT2D eigenvalue weighted by Crippen LogP contribution is 2.18. The van der Waals surface area contributed by atoms with Crippen molar-refractivity contribution < 1.29 is 19.4 Å². The number of carboxylic acids is 1. The number of benzene rings is 1. The van der Waals surface area contributed by atoms with E-state index in [1.807, 2.05) is 24.3 Å². The normalized spacial score (nSPS) is 11.7. The maximum absolute atomic E-state index is 11.6. The van der Waals surface area contributed by atoms with Gasteiger partial charge >= 0.3 is 5.97 Å². The van der Waals surface area contributed by atoms with Gasteiger partial charge in [-0.2, -0.15) is 0 Å². The molecule has 1 aromatic rings. The molecule has 0 aliphatic heterocycles. The average molecular weight is 293 g/mol. The fourth-order valence-electron chi connectivity index (χ4n) is 2.18. The number of hydrogen-bond donors (Lipinski definition) is 2. The summed E-state index contributed by atoms with van der Waals surface area (Å²) in [4.78, 5) is 22.2. The van der Waals surface area contributed by atoms with E-state index in [-0.39, 0.29) is 24.7 Å². The zero-order valence-corrected chi connectivity index (χ0v) is 12.6. The van der Waals surface area contributed by atoms with Gasteiger partial charge in [0.05, 0.1) is 7.11 Å². The van der Waals surface area contributed by atoms with Crippen LogP contribution in [0.25, 0.3) is 0 Å². The number of hydrogen-bond acceptors (Lipinski definition) is 3. The van der Waals surface area contributed by atoms with Crippen LogP contribution in [0.15, 0.2) is 24.3 Å². The highest BCUT2D eigenvalue weighted by molar-refractivity contribution is 5.77. The second-order valence-electron chi connectivity index (χ2n) is 5.17. The molecule has 0 heterocycles. The number of carboxylic acid groups (broad SMARTS) is 1. The predicted octanol–water partition coefficient (Wildman–Crippen LogP) is 2.24. The van der Waals surface area contributed by atoms with Crippen molar-refractivity contribution in [2.75, 3.05) is 13.7 Å². The molecule has 5 heteroatoms. The Morgan fingerprint density at radius 3 is 2.67 bits per heavy atom. The molecule has 0 aliphatic rings.